The summed E-state index contributed by atoms with van der Waals surface area (Å²) in [5.74, 6) is 0.330. The molecule has 1 saturated carbocycles. The molecule has 2 aromatic rings. The summed E-state index contributed by atoms with van der Waals surface area (Å²) in [7, 11) is -2.37. The second-order valence-corrected chi connectivity index (χ2v) is 10.2. The molecule has 0 unspecified atom stereocenters. The number of hydrogen-bond donors (Lipinski definition) is 2. The SMILES string of the molecule is COc1ccc(C(=O)N[C@H](C)c2ccc(C(C)C)cc2)cc1S(=O)(=O)NC1CCCC1. The van der Waals surface area contributed by atoms with Gasteiger partial charge in [0.2, 0.25) is 10.0 Å². The summed E-state index contributed by atoms with van der Waals surface area (Å²) in [5, 5.41) is 2.96. The molecule has 0 aliphatic heterocycles. The van der Waals surface area contributed by atoms with Crippen LogP contribution in [0, 0.1) is 0 Å². The zero-order valence-electron chi connectivity index (χ0n) is 18.6. The van der Waals surface area contributed by atoms with Crippen LogP contribution in [-0.4, -0.2) is 27.5 Å². The minimum atomic E-state index is -3.79. The summed E-state index contributed by atoms with van der Waals surface area (Å²) < 4.78 is 33.9. The summed E-state index contributed by atoms with van der Waals surface area (Å²) in [4.78, 5) is 12.8. The molecule has 0 heterocycles. The monoisotopic (exact) mass is 444 g/mol. The average molecular weight is 445 g/mol. The topological polar surface area (TPSA) is 84.5 Å². The number of hydrogen-bond acceptors (Lipinski definition) is 4. The molecule has 1 aliphatic rings. The maximum atomic E-state index is 13.0. The van der Waals surface area contributed by atoms with Crippen molar-refractivity contribution in [1.29, 1.82) is 0 Å². The van der Waals surface area contributed by atoms with Crippen molar-refractivity contribution < 1.29 is 17.9 Å². The van der Waals surface area contributed by atoms with Gasteiger partial charge in [-0.1, -0.05) is 51.0 Å². The summed E-state index contributed by atoms with van der Waals surface area (Å²) >= 11 is 0. The van der Waals surface area contributed by atoms with Crippen molar-refractivity contribution in [2.45, 2.75) is 69.4 Å². The lowest BCUT2D eigenvalue weighted by molar-refractivity contribution is 0.0939. The highest BCUT2D eigenvalue weighted by Gasteiger charge is 2.27. The molecule has 2 aromatic carbocycles. The first-order valence-corrected chi connectivity index (χ1v) is 12.3. The van der Waals surface area contributed by atoms with Crippen molar-refractivity contribution in [3.05, 3.63) is 59.2 Å². The summed E-state index contributed by atoms with van der Waals surface area (Å²) in [6.07, 6.45) is 3.69. The van der Waals surface area contributed by atoms with E-state index < -0.39 is 10.0 Å². The molecule has 0 saturated heterocycles. The van der Waals surface area contributed by atoms with Gasteiger partial charge in [-0.3, -0.25) is 4.79 Å². The van der Waals surface area contributed by atoms with Gasteiger partial charge >= 0.3 is 0 Å². The number of methoxy groups -OCH3 is 1. The van der Waals surface area contributed by atoms with Crippen LogP contribution in [0.3, 0.4) is 0 Å². The lowest BCUT2D eigenvalue weighted by Gasteiger charge is -2.18. The van der Waals surface area contributed by atoms with Crippen molar-refractivity contribution in [2.24, 2.45) is 0 Å². The Hall–Kier alpha value is -2.38. The van der Waals surface area contributed by atoms with Crippen LogP contribution < -0.4 is 14.8 Å². The molecule has 1 fully saturated rings. The van der Waals surface area contributed by atoms with Crippen LogP contribution >= 0.6 is 0 Å². The van der Waals surface area contributed by atoms with E-state index in [1.54, 1.807) is 6.07 Å². The molecular formula is C24H32N2O4S. The van der Waals surface area contributed by atoms with Crippen LogP contribution in [0.2, 0.25) is 0 Å². The van der Waals surface area contributed by atoms with E-state index in [9.17, 15) is 13.2 Å². The quantitative estimate of drug-likeness (QED) is 0.626. The number of ether oxygens (including phenoxy) is 1. The van der Waals surface area contributed by atoms with Crippen LogP contribution in [0.25, 0.3) is 0 Å². The molecular weight excluding hydrogens is 412 g/mol. The molecule has 31 heavy (non-hydrogen) atoms. The molecule has 0 bridgehead atoms. The summed E-state index contributed by atoms with van der Waals surface area (Å²) in [5.41, 5.74) is 2.50. The molecule has 7 heteroatoms. The van der Waals surface area contributed by atoms with Crippen molar-refractivity contribution in [1.82, 2.24) is 10.0 Å². The molecule has 1 atom stereocenters. The van der Waals surface area contributed by atoms with Gasteiger partial charge in [-0.05, 0) is 55.0 Å². The van der Waals surface area contributed by atoms with E-state index in [4.69, 9.17) is 4.74 Å². The Morgan fingerprint density at radius 3 is 2.19 bits per heavy atom. The number of rotatable bonds is 8. The normalized spacial score (nSPS) is 15.8. The molecule has 1 aliphatic carbocycles. The number of carbonyl (C=O) groups is 1. The van der Waals surface area contributed by atoms with E-state index in [2.05, 4.69) is 36.0 Å². The predicted octanol–water partition coefficient (Wildman–Crippen LogP) is 4.53. The zero-order chi connectivity index (χ0) is 22.6. The van der Waals surface area contributed by atoms with Gasteiger partial charge in [0.05, 0.1) is 13.2 Å². The molecule has 0 radical (unpaired) electrons. The third-order valence-corrected chi connectivity index (χ3v) is 7.38. The minimum absolute atomic E-state index is 0.0107. The van der Waals surface area contributed by atoms with Gasteiger partial charge in [-0.25, -0.2) is 13.1 Å². The first-order valence-electron chi connectivity index (χ1n) is 10.8. The molecule has 0 aromatic heterocycles. The Morgan fingerprint density at radius 2 is 1.61 bits per heavy atom. The Kier molecular flexibility index (Phi) is 7.38. The van der Waals surface area contributed by atoms with Gasteiger partial charge in [0.1, 0.15) is 10.6 Å². The fourth-order valence-electron chi connectivity index (χ4n) is 3.89. The standard InChI is InChI=1S/C24H32N2O4S/c1-16(2)18-9-11-19(12-10-18)17(3)25-24(27)20-13-14-22(30-4)23(15-20)31(28,29)26-21-7-5-6-8-21/h9-17,21,26H,5-8H2,1-4H3,(H,25,27)/t17-/m1/s1. The molecule has 168 valence electrons. The van der Waals surface area contributed by atoms with Gasteiger partial charge < -0.3 is 10.1 Å². The largest absolute Gasteiger partial charge is 0.495 e. The maximum Gasteiger partial charge on any atom is 0.251 e. The number of nitrogens with one attached hydrogen (secondary N) is 2. The Labute approximate surface area is 185 Å². The fraction of sp³-hybridized carbons (Fsp3) is 0.458. The first-order chi connectivity index (χ1) is 14.7. The van der Waals surface area contributed by atoms with Crippen LogP contribution in [0.1, 0.15) is 79.9 Å². The molecule has 1 amide bonds. The van der Waals surface area contributed by atoms with E-state index in [0.717, 1.165) is 31.2 Å². The van der Waals surface area contributed by atoms with Crippen LogP contribution in [0.15, 0.2) is 47.4 Å². The van der Waals surface area contributed by atoms with Gasteiger partial charge in [0.15, 0.2) is 0 Å². The summed E-state index contributed by atoms with van der Waals surface area (Å²) in [6.45, 7) is 6.18. The smallest absolute Gasteiger partial charge is 0.251 e. The van der Waals surface area contributed by atoms with Crippen LogP contribution in [-0.2, 0) is 10.0 Å². The molecule has 6 nitrogen and oxygen atoms in total. The van der Waals surface area contributed by atoms with Crippen molar-refractivity contribution in [3.8, 4) is 5.75 Å². The Morgan fingerprint density at radius 1 is 1.00 bits per heavy atom. The lowest BCUT2D eigenvalue weighted by atomic mass is 9.99. The van der Waals surface area contributed by atoms with Gasteiger partial charge in [0, 0.05) is 11.6 Å². The van der Waals surface area contributed by atoms with Crippen molar-refractivity contribution in [3.63, 3.8) is 0 Å². The number of sulfonamides is 1. The molecule has 2 N–H and O–H groups in total. The van der Waals surface area contributed by atoms with E-state index in [1.807, 2.05) is 19.1 Å². The van der Waals surface area contributed by atoms with E-state index >= 15 is 0 Å². The van der Waals surface area contributed by atoms with Gasteiger partial charge in [-0.2, -0.15) is 0 Å². The van der Waals surface area contributed by atoms with Gasteiger partial charge in [0.25, 0.3) is 5.91 Å². The lowest BCUT2D eigenvalue weighted by Crippen LogP contribution is -2.33. The molecule has 3 rings (SSSR count). The third kappa shape index (κ3) is 5.66. The highest BCUT2D eigenvalue weighted by molar-refractivity contribution is 7.89. The highest BCUT2D eigenvalue weighted by Crippen LogP contribution is 2.28. The van der Waals surface area contributed by atoms with Crippen LogP contribution in [0.4, 0.5) is 0 Å². The Balaban J connectivity index is 1.78. The van der Waals surface area contributed by atoms with E-state index in [0.29, 0.717) is 5.92 Å². The number of carbonyl (C=O) groups excluding carboxylic acids is 1. The predicted molar refractivity (Wildman–Crippen MR) is 122 cm³/mol. The highest BCUT2D eigenvalue weighted by atomic mass is 32.2. The number of benzene rings is 2. The van der Waals surface area contributed by atoms with E-state index in [-0.39, 0.29) is 34.2 Å². The third-order valence-electron chi connectivity index (χ3n) is 5.84. The second kappa shape index (κ2) is 9.83. The fourth-order valence-corrected chi connectivity index (χ4v) is 5.39. The van der Waals surface area contributed by atoms with Gasteiger partial charge in [-0.15, -0.1) is 0 Å². The van der Waals surface area contributed by atoms with Crippen molar-refractivity contribution in [2.75, 3.05) is 7.11 Å². The Bertz CT molecular complexity index is 1010. The second-order valence-electron chi connectivity index (χ2n) is 8.48. The van der Waals surface area contributed by atoms with Crippen molar-refractivity contribution >= 4 is 15.9 Å². The first kappa shape index (κ1) is 23.3. The molecule has 0 spiro atoms. The average Bonchev–Trinajstić information content (AvgIpc) is 3.25. The maximum absolute atomic E-state index is 13.0. The van der Waals surface area contributed by atoms with Crippen LogP contribution in [0.5, 0.6) is 5.75 Å². The summed E-state index contributed by atoms with van der Waals surface area (Å²) in [6, 6.07) is 12.4. The minimum Gasteiger partial charge on any atom is -0.495 e. The van der Waals surface area contributed by atoms with E-state index in [1.165, 1.54) is 24.8 Å². The number of amides is 1. The zero-order valence-corrected chi connectivity index (χ0v) is 19.5.